The lowest BCUT2D eigenvalue weighted by atomic mass is 9.77. The maximum absolute atomic E-state index is 5.95. The second kappa shape index (κ2) is 8.45. The molecule has 1 rings (SSSR count). The third kappa shape index (κ3) is 7.45. The van der Waals surface area contributed by atoms with Crippen LogP contribution in [-0.2, 0) is 10.8 Å². The second-order valence-corrected chi connectivity index (χ2v) is 6.34. The quantitative estimate of drug-likeness (QED) is 0.567. The minimum atomic E-state index is 0.162. The van der Waals surface area contributed by atoms with E-state index in [1.54, 1.807) is 0 Å². The summed E-state index contributed by atoms with van der Waals surface area (Å²) in [6, 6.07) is 6.43. The van der Waals surface area contributed by atoms with E-state index >= 15 is 0 Å². The van der Waals surface area contributed by atoms with Gasteiger partial charge in [0.2, 0.25) is 0 Å². The Morgan fingerprint density at radius 2 is 0.895 bits per heavy atom. The molecule has 0 spiro atoms. The molecular formula is C18H33B. The minimum Gasteiger partial charge on any atom is -0.0961 e. The summed E-state index contributed by atoms with van der Waals surface area (Å²) in [5, 5.41) is 0. The fourth-order valence-electron chi connectivity index (χ4n) is 1.52. The topological polar surface area (TPSA) is 0 Å². The summed E-state index contributed by atoms with van der Waals surface area (Å²) in [4.78, 5) is 0. The minimum absolute atomic E-state index is 0.162. The molecule has 2 radical (unpaired) electrons. The lowest BCUT2D eigenvalue weighted by Crippen LogP contribution is -2.20. The molecule has 0 saturated heterocycles. The van der Waals surface area contributed by atoms with Crippen molar-refractivity contribution in [2.45, 2.75) is 80.1 Å². The van der Waals surface area contributed by atoms with Crippen molar-refractivity contribution in [3.05, 3.63) is 29.3 Å². The molecule has 0 unspecified atom stereocenters. The number of rotatable bonds is 0. The number of hydrogen-bond donors (Lipinski definition) is 0. The van der Waals surface area contributed by atoms with Gasteiger partial charge in [0, 0.05) is 0 Å². The van der Waals surface area contributed by atoms with Crippen molar-refractivity contribution in [2.24, 2.45) is 0 Å². The summed E-state index contributed by atoms with van der Waals surface area (Å²) < 4.78 is 0. The van der Waals surface area contributed by atoms with Crippen molar-refractivity contribution in [1.82, 2.24) is 0 Å². The van der Waals surface area contributed by atoms with E-state index in [9.17, 15) is 0 Å². The fourth-order valence-corrected chi connectivity index (χ4v) is 1.52. The zero-order valence-corrected chi connectivity index (χ0v) is 14.8. The van der Waals surface area contributed by atoms with Crippen LogP contribution in [0.4, 0.5) is 0 Å². The van der Waals surface area contributed by atoms with Gasteiger partial charge in [0.25, 0.3) is 0 Å². The van der Waals surface area contributed by atoms with Gasteiger partial charge in [-0.1, -0.05) is 92.9 Å². The fraction of sp³-hybridized carbons (Fsp3) is 0.667. The summed E-state index contributed by atoms with van der Waals surface area (Å²) in [6.07, 6.45) is 0. The lowest BCUT2D eigenvalue weighted by Gasteiger charge is -2.25. The highest BCUT2D eigenvalue weighted by Gasteiger charge is 2.19. The first-order valence-electron chi connectivity index (χ1n) is 7.52. The molecule has 0 aromatic heterocycles. The van der Waals surface area contributed by atoms with Crippen LogP contribution in [0.2, 0.25) is 0 Å². The lowest BCUT2D eigenvalue weighted by molar-refractivity contribution is 0.569. The molecule has 0 heterocycles. The van der Waals surface area contributed by atoms with E-state index < -0.39 is 0 Å². The molecule has 0 N–H and O–H groups in total. The summed E-state index contributed by atoms with van der Waals surface area (Å²) in [5.41, 5.74) is 3.82. The Bertz CT molecular complexity index is 319. The van der Waals surface area contributed by atoms with E-state index in [2.05, 4.69) is 59.7 Å². The third-order valence-electron chi connectivity index (χ3n) is 2.69. The van der Waals surface area contributed by atoms with Gasteiger partial charge in [0.1, 0.15) is 7.85 Å². The first-order chi connectivity index (χ1) is 8.60. The molecule has 108 valence electrons. The van der Waals surface area contributed by atoms with E-state index in [0.717, 1.165) is 5.46 Å². The Morgan fingerprint density at radius 1 is 0.632 bits per heavy atom. The van der Waals surface area contributed by atoms with Crippen LogP contribution in [-0.4, -0.2) is 7.85 Å². The van der Waals surface area contributed by atoms with Crippen molar-refractivity contribution in [3.8, 4) is 0 Å². The molecular weight excluding hydrogens is 227 g/mol. The third-order valence-corrected chi connectivity index (χ3v) is 2.69. The molecule has 1 aromatic carbocycles. The molecule has 19 heavy (non-hydrogen) atoms. The SMILES string of the molecule is CC.CC.[B]c1cc(C(C)(C)C)cc(C(C)(C)C)c1. The molecule has 0 atom stereocenters. The van der Waals surface area contributed by atoms with E-state index in [0.29, 0.717) is 0 Å². The zero-order valence-electron chi connectivity index (χ0n) is 14.8. The average molecular weight is 260 g/mol. The highest BCUT2D eigenvalue weighted by molar-refractivity contribution is 6.32. The molecule has 0 aliphatic carbocycles. The van der Waals surface area contributed by atoms with Crippen molar-refractivity contribution in [2.75, 3.05) is 0 Å². The van der Waals surface area contributed by atoms with Crippen LogP contribution in [0.5, 0.6) is 0 Å². The Kier molecular flexibility index (Phi) is 9.17. The number of hydrogen-bond acceptors (Lipinski definition) is 0. The largest absolute Gasteiger partial charge is 0.113 e. The van der Waals surface area contributed by atoms with Crippen LogP contribution in [0.25, 0.3) is 0 Å². The second-order valence-electron chi connectivity index (χ2n) is 6.34. The molecule has 1 aromatic rings. The first kappa shape index (κ1) is 20.6. The van der Waals surface area contributed by atoms with Crippen LogP contribution in [0.15, 0.2) is 18.2 Å². The molecule has 0 saturated carbocycles. The Labute approximate surface area is 123 Å². The monoisotopic (exact) mass is 260 g/mol. The maximum Gasteiger partial charge on any atom is 0.113 e. The average Bonchev–Trinajstić information content (AvgIpc) is 2.31. The Balaban J connectivity index is 0. The highest BCUT2D eigenvalue weighted by Crippen LogP contribution is 2.27. The number of benzene rings is 1. The van der Waals surface area contributed by atoms with Crippen LogP contribution in [0.1, 0.15) is 80.4 Å². The summed E-state index contributed by atoms with van der Waals surface area (Å²) in [7, 11) is 5.95. The van der Waals surface area contributed by atoms with Crippen molar-refractivity contribution >= 4 is 13.3 Å². The summed E-state index contributed by atoms with van der Waals surface area (Å²) >= 11 is 0. The van der Waals surface area contributed by atoms with E-state index in [1.807, 2.05) is 27.7 Å². The zero-order chi connectivity index (χ0) is 15.9. The van der Waals surface area contributed by atoms with Crippen LogP contribution < -0.4 is 5.46 Å². The predicted molar refractivity (Wildman–Crippen MR) is 91.9 cm³/mol. The first-order valence-corrected chi connectivity index (χ1v) is 7.52. The van der Waals surface area contributed by atoms with Gasteiger partial charge in [0.15, 0.2) is 0 Å². The molecule has 0 fully saturated rings. The van der Waals surface area contributed by atoms with Crippen LogP contribution in [0.3, 0.4) is 0 Å². The van der Waals surface area contributed by atoms with Gasteiger partial charge in [-0.05, 0) is 22.0 Å². The smallest absolute Gasteiger partial charge is 0.0961 e. The standard InChI is InChI=1S/C14H21B.2C2H6/c1-13(2,3)10-7-11(14(4,5)6)9-12(15)8-10;2*1-2/h7-9H,1-6H3;2*1-2H3. The highest BCUT2D eigenvalue weighted by atomic mass is 14.2. The van der Waals surface area contributed by atoms with E-state index in [4.69, 9.17) is 7.85 Å². The van der Waals surface area contributed by atoms with Gasteiger partial charge in [0.05, 0.1) is 0 Å². The maximum atomic E-state index is 5.95. The van der Waals surface area contributed by atoms with Gasteiger partial charge >= 0.3 is 0 Å². The van der Waals surface area contributed by atoms with Gasteiger partial charge in [-0.3, -0.25) is 0 Å². The van der Waals surface area contributed by atoms with E-state index in [1.165, 1.54) is 11.1 Å². The van der Waals surface area contributed by atoms with Crippen molar-refractivity contribution < 1.29 is 0 Å². The molecule has 0 nitrogen and oxygen atoms in total. The summed E-state index contributed by atoms with van der Waals surface area (Å²) in [6.45, 7) is 21.3. The van der Waals surface area contributed by atoms with Crippen molar-refractivity contribution in [1.29, 1.82) is 0 Å². The van der Waals surface area contributed by atoms with Crippen molar-refractivity contribution in [3.63, 3.8) is 0 Å². The van der Waals surface area contributed by atoms with Crippen LogP contribution >= 0.6 is 0 Å². The van der Waals surface area contributed by atoms with Gasteiger partial charge in [-0.15, -0.1) is 0 Å². The molecule has 0 aliphatic rings. The van der Waals surface area contributed by atoms with Gasteiger partial charge in [-0.25, -0.2) is 0 Å². The Morgan fingerprint density at radius 3 is 1.11 bits per heavy atom. The Hall–Kier alpha value is -0.715. The van der Waals surface area contributed by atoms with Gasteiger partial charge < -0.3 is 0 Å². The normalized spacial score (nSPS) is 10.8. The summed E-state index contributed by atoms with van der Waals surface area (Å²) in [5.74, 6) is 0. The molecule has 1 heteroatoms. The van der Waals surface area contributed by atoms with Gasteiger partial charge in [-0.2, -0.15) is 0 Å². The molecule has 0 bridgehead atoms. The van der Waals surface area contributed by atoms with E-state index in [-0.39, 0.29) is 10.8 Å². The predicted octanol–water partition coefficient (Wildman–Crippen LogP) is 5.13. The van der Waals surface area contributed by atoms with Crippen LogP contribution in [0, 0.1) is 0 Å². The molecule has 0 aliphatic heterocycles. The molecule has 0 amide bonds.